The summed E-state index contributed by atoms with van der Waals surface area (Å²) in [4.78, 5) is 14.6. The maximum Gasteiger partial charge on any atom is 0.223 e. The number of likely N-dealkylation sites (tertiary alicyclic amines) is 1. The maximum absolute atomic E-state index is 12.6. The highest BCUT2D eigenvalue weighted by Gasteiger charge is 2.25. The van der Waals surface area contributed by atoms with E-state index in [-0.39, 0.29) is 18.6 Å². The fourth-order valence-corrected chi connectivity index (χ4v) is 3.87. The third kappa shape index (κ3) is 4.33. The van der Waals surface area contributed by atoms with Crippen LogP contribution in [0.4, 0.5) is 0 Å². The number of nitrogens with zero attached hydrogens (tertiary/aromatic N) is 3. The number of carbonyl (C=O) groups excluding carboxylic acids is 1. The standard InChI is InChI=1S/C21H29N3O2/c1-16-15-17(2)24(22-16)20-9-6-18(7-10-20)8-11-21(26)23-13-4-3-5-19(23)12-14-25/h6-7,9-10,15,19,25H,3-5,8,11-14H2,1-2H3. The number of benzene rings is 1. The molecule has 5 nitrogen and oxygen atoms in total. The Balaban J connectivity index is 1.59. The Labute approximate surface area is 155 Å². The molecule has 0 radical (unpaired) electrons. The van der Waals surface area contributed by atoms with Crippen molar-refractivity contribution in [1.29, 1.82) is 0 Å². The first-order valence-electron chi connectivity index (χ1n) is 9.61. The molecule has 2 aromatic rings. The van der Waals surface area contributed by atoms with Crippen molar-refractivity contribution in [2.45, 2.75) is 58.4 Å². The molecule has 1 unspecified atom stereocenters. The summed E-state index contributed by atoms with van der Waals surface area (Å²) >= 11 is 0. The maximum atomic E-state index is 12.6. The van der Waals surface area contributed by atoms with E-state index in [1.165, 1.54) is 5.56 Å². The largest absolute Gasteiger partial charge is 0.396 e. The molecule has 0 saturated carbocycles. The van der Waals surface area contributed by atoms with E-state index >= 15 is 0 Å². The Morgan fingerprint density at radius 3 is 2.65 bits per heavy atom. The van der Waals surface area contributed by atoms with Crippen molar-refractivity contribution in [2.24, 2.45) is 0 Å². The Bertz CT molecular complexity index is 734. The summed E-state index contributed by atoms with van der Waals surface area (Å²) in [6, 6.07) is 10.6. The van der Waals surface area contributed by atoms with Gasteiger partial charge in [0.15, 0.2) is 0 Å². The third-order valence-corrected chi connectivity index (χ3v) is 5.23. The van der Waals surface area contributed by atoms with Crippen LogP contribution in [0.3, 0.4) is 0 Å². The summed E-state index contributed by atoms with van der Waals surface area (Å²) in [6.45, 7) is 5.03. The van der Waals surface area contributed by atoms with Crippen molar-refractivity contribution < 1.29 is 9.90 Å². The lowest BCUT2D eigenvalue weighted by molar-refractivity contribution is -0.135. The lowest BCUT2D eigenvalue weighted by Gasteiger charge is -2.35. The number of aromatic nitrogens is 2. The predicted octanol–water partition coefficient (Wildman–Crippen LogP) is 3.19. The molecule has 3 rings (SSSR count). The minimum Gasteiger partial charge on any atom is -0.396 e. The van der Waals surface area contributed by atoms with Crippen molar-refractivity contribution in [3.63, 3.8) is 0 Å². The van der Waals surface area contributed by atoms with Gasteiger partial charge in [-0.3, -0.25) is 4.79 Å². The molecule has 1 saturated heterocycles. The fourth-order valence-electron chi connectivity index (χ4n) is 3.87. The summed E-state index contributed by atoms with van der Waals surface area (Å²) in [7, 11) is 0. The Morgan fingerprint density at radius 2 is 2.00 bits per heavy atom. The van der Waals surface area contributed by atoms with Crippen LogP contribution < -0.4 is 0 Å². The van der Waals surface area contributed by atoms with Gasteiger partial charge in [0.25, 0.3) is 0 Å². The van der Waals surface area contributed by atoms with Crippen LogP contribution in [0.1, 0.15) is 49.1 Å². The summed E-state index contributed by atoms with van der Waals surface area (Å²) in [5.74, 6) is 0.214. The van der Waals surface area contributed by atoms with Crippen molar-refractivity contribution in [2.75, 3.05) is 13.2 Å². The molecule has 1 aliphatic heterocycles. The number of aryl methyl sites for hydroxylation is 3. The van der Waals surface area contributed by atoms with Gasteiger partial charge in [0, 0.05) is 31.3 Å². The summed E-state index contributed by atoms with van der Waals surface area (Å²) in [5, 5.41) is 13.7. The van der Waals surface area contributed by atoms with Crippen LogP contribution in [-0.2, 0) is 11.2 Å². The number of amides is 1. The normalized spacial score (nSPS) is 17.5. The van der Waals surface area contributed by atoms with Crippen molar-refractivity contribution in [3.05, 3.63) is 47.3 Å². The minimum absolute atomic E-state index is 0.155. The first kappa shape index (κ1) is 18.6. The van der Waals surface area contributed by atoms with E-state index in [4.69, 9.17) is 0 Å². The molecule has 1 aromatic carbocycles. The Kier molecular flexibility index (Phi) is 6.09. The molecule has 2 heterocycles. The highest BCUT2D eigenvalue weighted by molar-refractivity contribution is 5.77. The van der Waals surface area contributed by atoms with Gasteiger partial charge in [-0.2, -0.15) is 5.10 Å². The van der Waals surface area contributed by atoms with E-state index in [1.807, 2.05) is 23.4 Å². The second-order valence-corrected chi connectivity index (χ2v) is 7.25. The first-order chi connectivity index (χ1) is 12.6. The van der Waals surface area contributed by atoms with Crippen molar-refractivity contribution in [1.82, 2.24) is 14.7 Å². The number of aliphatic hydroxyl groups is 1. The van der Waals surface area contributed by atoms with Crippen LogP contribution in [0, 0.1) is 13.8 Å². The molecule has 1 fully saturated rings. The molecule has 1 aliphatic rings. The molecule has 0 aliphatic carbocycles. The highest BCUT2D eigenvalue weighted by atomic mass is 16.3. The number of piperidine rings is 1. The lowest BCUT2D eigenvalue weighted by Crippen LogP contribution is -2.44. The average Bonchev–Trinajstić information content (AvgIpc) is 2.99. The van der Waals surface area contributed by atoms with Gasteiger partial charge in [0.05, 0.1) is 11.4 Å². The number of hydrogen-bond acceptors (Lipinski definition) is 3. The molecule has 1 amide bonds. The third-order valence-electron chi connectivity index (χ3n) is 5.23. The molecule has 0 spiro atoms. The van der Waals surface area contributed by atoms with Gasteiger partial charge in [-0.15, -0.1) is 0 Å². The van der Waals surface area contributed by atoms with Gasteiger partial charge < -0.3 is 10.0 Å². The van der Waals surface area contributed by atoms with Gasteiger partial charge in [-0.05, 0) is 69.7 Å². The van der Waals surface area contributed by atoms with E-state index in [1.54, 1.807) is 0 Å². The molecule has 1 atom stereocenters. The second-order valence-electron chi connectivity index (χ2n) is 7.25. The smallest absolute Gasteiger partial charge is 0.223 e. The average molecular weight is 355 g/mol. The Hall–Kier alpha value is -2.14. The van der Waals surface area contributed by atoms with E-state index in [0.717, 1.165) is 49.3 Å². The second kappa shape index (κ2) is 8.49. The summed E-state index contributed by atoms with van der Waals surface area (Å²) in [6.07, 6.45) is 5.22. The van der Waals surface area contributed by atoms with Crippen LogP contribution in [0.25, 0.3) is 5.69 Å². The number of hydrogen-bond donors (Lipinski definition) is 1. The topological polar surface area (TPSA) is 58.4 Å². The minimum atomic E-state index is 0.155. The monoisotopic (exact) mass is 355 g/mol. The van der Waals surface area contributed by atoms with Gasteiger partial charge >= 0.3 is 0 Å². The van der Waals surface area contributed by atoms with Gasteiger partial charge in [0.1, 0.15) is 0 Å². The number of carbonyl (C=O) groups is 1. The van der Waals surface area contributed by atoms with Crippen LogP contribution in [-0.4, -0.2) is 44.9 Å². The van der Waals surface area contributed by atoms with Crippen LogP contribution >= 0.6 is 0 Å². The van der Waals surface area contributed by atoms with Crippen LogP contribution in [0.5, 0.6) is 0 Å². The molecule has 5 heteroatoms. The van der Waals surface area contributed by atoms with E-state index in [9.17, 15) is 9.90 Å². The molecule has 1 aromatic heterocycles. The first-order valence-corrected chi connectivity index (χ1v) is 9.61. The Morgan fingerprint density at radius 1 is 1.23 bits per heavy atom. The summed E-state index contributed by atoms with van der Waals surface area (Å²) < 4.78 is 1.94. The van der Waals surface area contributed by atoms with Crippen molar-refractivity contribution >= 4 is 5.91 Å². The molecular weight excluding hydrogens is 326 g/mol. The molecule has 1 N–H and O–H groups in total. The fraction of sp³-hybridized carbons (Fsp3) is 0.524. The quantitative estimate of drug-likeness (QED) is 0.866. The number of aliphatic hydroxyl groups excluding tert-OH is 1. The number of rotatable bonds is 6. The molecular formula is C21H29N3O2. The van der Waals surface area contributed by atoms with Gasteiger partial charge in [-0.25, -0.2) is 4.68 Å². The zero-order valence-electron chi connectivity index (χ0n) is 15.8. The van der Waals surface area contributed by atoms with Crippen molar-refractivity contribution in [3.8, 4) is 5.69 Å². The van der Waals surface area contributed by atoms with Crippen LogP contribution in [0.15, 0.2) is 30.3 Å². The zero-order chi connectivity index (χ0) is 18.5. The summed E-state index contributed by atoms with van der Waals surface area (Å²) in [5.41, 5.74) is 4.34. The molecule has 0 bridgehead atoms. The van der Waals surface area contributed by atoms with E-state index in [2.05, 4.69) is 35.4 Å². The zero-order valence-corrected chi connectivity index (χ0v) is 15.8. The highest BCUT2D eigenvalue weighted by Crippen LogP contribution is 2.21. The molecule has 26 heavy (non-hydrogen) atoms. The molecule has 140 valence electrons. The lowest BCUT2D eigenvalue weighted by atomic mass is 9.98. The predicted molar refractivity (Wildman–Crippen MR) is 102 cm³/mol. The van der Waals surface area contributed by atoms with E-state index < -0.39 is 0 Å². The van der Waals surface area contributed by atoms with Crippen LogP contribution in [0.2, 0.25) is 0 Å². The van der Waals surface area contributed by atoms with Gasteiger partial charge in [-0.1, -0.05) is 12.1 Å². The SMILES string of the molecule is Cc1cc(C)n(-c2ccc(CCC(=O)N3CCCCC3CCO)cc2)n1. The van der Waals surface area contributed by atoms with E-state index in [0.29, 0.717) is 12.8 Å². The van der Waals surface area contributed by atoms with Gasteiger partial charge in [0.2, 0.25) is 5.91 Å².